The Morgan fingerprint density at radius 2 is 2.16 bits per heavy atom. The number of H-pyrrole nitrogens is 1. The van der Waals surface area contributed by atoms with Gasteiger partial charge in [0, 0.05) is 41.4 Å². The number of aryl methyl sites for hydroxylation is 1. The highest BCUT2D eigenvalue weighted by atomic mass is 35.5. The number of aromatic nitrogens is 2. The van der Waals surface area contributed by atoms with Crippen LogP contribution in [0, 0.1) is 12.8 Å². The number of nitrogens with one attached hydrogen (secondary N) is 2. The van der Waals surface area contributed by atoms with Crippen LogP contribution in [-0.2, 0) is 9.59 Å². The lowest BCUT2D eigenvalue weighted by Crippen LogP contribution is -2.28. The fourth-order valence-electron chi connectivity index (χ4n) is 3.11. The predicted octanol–water partition coefficient (Wildman–Crippen LogP) is 3.24. The Balaban J connectivity index is 1.43. The molecule has 1 atom stereocenters. The molecule has 0 radical (unpaired) electrons. The normalized spacial score (nSPS) is 20.2. The quantitative estimate of drug-likeness (QED) is 0.880. The monoisotopic (exact) mass is 358 g/mol. The van der Waals surface area contributed by atoms with Crippen molar-refractivity contribution < 1.29 is 9.59 Å². The van der Waals surface area contributed by atoms with E-state index in [2.05, 4.69) is 15.5 Å². The van der Waals surface area contributed by atoms with Crippen molar-refractivity contribution in [3.63, 3.8) is 0 Å². The number of aromatic amines is 1. The predicted molar refractivity (Wildman–Crippen MR) is 95.8 cm³/mol. The molecule has 25 heavy (non-hydrogen) atoms. The lowest BCUT2D eigenvalue weighted by atomic mass is 10.1. The Morgan fingerprint density at radius 3 is 2.88 bits per heavy atom. The highest BCUT2D eigenvalue weighted by molar-refractivity contribution is 6.31. The summed E-state index contributed by atoms with van der Waals surface area (Å²) < 4.78 is 0. The molecule has 1 unspecified atom stereocenters. The van der Waals surface area contributed by atoms with Gasteiger partial charge in [0.2, 0.25) is 11.8 Å². The number of carbonyl (C=O) groups is 2. The Hall–Kier alpha value is -2.34. The minimum absolute atomic E-state index is 0.0687. The molecule has 2 N–H and O–H groups in total. The van der Waals surface area contributed by atoms with E-state index in [0.717, 1.165) is 16.9 Å². The second kappa shape index (κ2) is 6.19. The molecule has 1 saturated carbocycles. The van der Waals surface area contributed by atoms with E-state index in [1.807, 2.05) is 25.1 Å². The van der Waals surface area contributed by atoms with E-state index in [-0.39, 0.29) is 18.2 Å². The second-order valence-corrected chi connectivity index (χ2v) is 7.22. The lowest BCUT2D eigenvalue weighted by Gasteiger charge is -2.17. The maximum atomic E-state index is 12.5. The van der Waals surface area contributed by atoms with Gasteiger partial charge in [-0.3, -0.25) is 14.7 Å². The van der Waals surface area contributed by atoms with Crippen LogP contribution >= 0.6 is 11.6 Å². The van der Waals surface area contributed by atoms with Gasteiger partial charge in [0.1, 0.15) is 0 Å². The zero-order valence-electron chi connectivity index (χ0n) is 13.9. The van der Waals surface area contributed by atoms with E-state index in [1.165, 1.54) is 12.8 Å². The molecule has 1 aromatic carbocycles. The first kappa shape index (κ1) is 16.1. The van der Waals surface area contributed by atoms with Crippen molar-refractivity contribution in [2.24, 2.45) is 5.92 Å². The standard InChI is InChI=1S/C18H19ClN4O2/c1-10-2-5-13(7-14(10)19)23-9-12(6-17(23)24)18(25)20-16-8-15(21-22-16)11-3-4-11/h2,5,7-8,11-12H,3-4,6,9H2,1H3,(H2,20,21,22,25). The van der Waals surface area contributed by atoms with Crippen LogP contribution in [0.2, 0.25) is 5.02 Å². The molecule has 1 aliphatic carbocycles. The molecule has 1 saturated heterocycles. The highest BCUT2D eigenvalue weighted by Crippen LogP contribution is 2.39. The molecule has 1 aliphatic heterocycles. The number of rotatable bonds is 4. The minimum Gasteiger partial charge on any atom is -0.312 e. The van der Waals surface area contributed by atoms with Crippen molar-refractivity contribution in [2.75, 3.05) is 16.8 Å². The SMILES string of the molecule is Cc1ccc(N2CC(C(=O)Nc3cc(C4CC4)[nH]n3)CC2=O)cc1Cl. The van der Waals surface area contributed by atoms with E-state index in [1.54, 1.807) is 11.0 Å². The van der Waals surface area contributed by atoms with Crippen LogP contribution in [-0.4, -0.2) is 28.6 Å². The fraction of sp³-hybridized carbons (Fsp3) is 0.389. The Bertz CT molecular complexity index is 843. The summed E-state index contributed by atoms with van der Waals surface area (Å²) in [5, 5.41) is 10.5. The van der Waals surface area contributed by atoms with Gasteiger partial charge in [-0.25, -0.2) is 0 Å². The molecule has 6 nitrogen and oxygen atoms in total. The van der Waals surface area contributed by atoms with Gasteiger partial charge in [0.05, 0.1) is 5.92 Å². The van der Waals surface area contributed by atoms with Crippen molar-refractivity contribution in [3.05, 3.63) is 40.5 Å². The van der Waals surface area contributed by atoms with Gasteiger partial charge in [-0.15, -0.1) is 0 Å². The van der Waals surface area contributed by atoms with Crippen LogP contribution in [0.15, 0.2) is 24.3 Å². The zero-order valence-corrected chi connectivity index (χ0v) is 14.6. The molecule has 130 valence electrons. The molecule has 2 amide bonds. The maximum absolute atomic E-state index is 12.5. The third kappa shape index (κ3) is 3.26. The van der Waals surface area contributed by atoms with E-state index < -0.39 is 5.92 Å². The van der Waals surface area contributed by atoms with E-state index in [0.29, 0.717) is 23.3 Å². The molecular weight excluding hydrogens is 340 g/mol. The fourth-order valence-corrected chi connectivity index (χ4v) is 3.29. The van der Waals surface area contributed by atoms with Gasteiger partial charge in [0.25, 0.3) is 0 Å². The van der Waals surface area contributed by atoms with Gasteiger partial charge in [0.15, 0.2) is 5.82 Å². The molecule has 2 heterocycles. The summed E-state index contributed by atoms with van der Waals surface area (Å²) in [5.74, 6) is 0.432. The van der Waals surface area contributed by atoms with Gasteiger partial charge >= 0.3 is 0 Å². The Kier molecular flexibility index (Phi) is 4.00. The first-order valence-electron chi connectivity index (χ1n) is 8.44. The smallest absolute Gasteiger partial charge is 0.231 e. The molecule has 2 aliphatic rings. The van der Waals surface area contributed by atoms with E-state index in [4.69, 9.17) is 11.6 Å². The van der Waals surface area contributed by atoms with Crippen LogP contribution < -0.4 is 10.2 Å². The van der Waals surface area contributed by atoms with Gasteiger partial charge in [-0.1, -0.05) is 17.7 Å². The van der Waals surface area contributed by atoms with Crippen LogP contribution in [0.1, 0.15) is 36.4 Å². The third-order valence-corrected chi connectivity index (χ3v) is 5.24. The largest absolute Gasteiger partial charge is 0.312 e. The summed E-state index contributed by atoms with van der Waals surface area (Å²) in [4.78, 5) is 26.4. The molecular formula is C18H19ClN4O2. The number of hydrogen-bond donors (Lipinski definition) is 2. The minimum atomic E-state index is -0.395. The van der Waals surface area contributed by atoms with Crippen molar-refractivity contribution in [1.82, 2.24) is 10.2 Å². The molecule has 0 bridgehead atoms. The summed E-state index contributed by atoms with van der Waals surface area (Å²) in [6.07, 6.45) is 2.53. The zero-order chi connectivity index (χ0) is 17.6. The number of nitrogens with zero attached hydrogens (tertiary/aromatic N) is 2. The van der Waals surface area contributed by atoms with Crippen molar-refractivity contribution in [2.45, 2.75) is 32.1 Å². The molecule has 4 rings (SSSR count). The summed E-state index contributed by atoms with van der Waals surface area (Å²) in [5.41, 5.74) is 2.75. The number of carbonyl (C=O) groups excluding carboxylic acids is 2. The summed E-state index contributed by atoms with van der Waals surface area (Å²) in [6, 6.07) is 7.38. The van der Waals surface area contributed by atoms with E-state index in [9.17, 15) is 9.59 Å². The Morgan fingerprint density at radius 1 is 1.36 bits per heavy atom. The van der Waals surface area contributed by atoms with Gasteiger partial charge in [-0.05, 0) is 37.5 Å². The van der Waals surface area contributed by atoms with Gasteiger partial charge < -0.3 is 10.2 Å². The molecule has 2 aromatic rings. The molecule has 0 spiro atoms. The molecule has 7 heteroatoms. The van der Waals surface area contributed by atoms with Gasteiger partial charge in [-0.2, -0.15) is 5.10 Å². The topological polar surface area (TPSA) is 78.1 Å². The molecule has 1 aromatic heterocycles. The number of hydrogen-bond acceptors (Lipinski definition) is 3. The van der Waals surface area contributed by atoms with Crippen LogP contribution in [0.4, 0.5) is 11.5 Å². The average molecular weight is 359 g/mol. The third-order valence-electron chi connectivity index (χ3n) is 4.83. The first-order valence-corrected chi connectivity index (χ1v) is 8.82. The van der Waals surface area contributed by atoms with Crippen molar-refractivity contribution >= 4 is 34.9 Å². The lowest BCUT2D eigenvalue weighted by molar-refractivity contribution is -0.122. The summed E-state index contributed by atoms with van der Waals surface area (Å²) >= 11 is 6.15. The van der Waals surface area contributed by atoms with Crippen molar-refractivity contribution in [1.29, 1.82) is 0 Å². The summed E-state index contributed by atoms with van der Waals surface area (Å²) in [7, 11) is 0. The van der Waals surface area contributed by atoms with Crippen molar-refractivity contribution in [3.8, 4) is 0 Å². The number of halogens is 1. The first-order chi connectivity index (χ1) is 12.0. The number of benzene rings is 1. The average Bonchev–Trinajstić information content (AvgIpc) is 3.21. The molecule has 2 fully saturated rings. The second-order valence-electron chi connectivity index (χ2n) is 6.81. The summed E-state index contributed by atoms with van der Waals surface area (Å²) in [6.45, 7) is 2.26. The van der Waals surface area contributed by atoms with E-state index >= 15 is 0 Å². The number of anilines is 2. The van der Waals surface area contributed by atoms with Crippen LogP contribution in [0.25, 0.3) is 0 Å². The Labute approximate surface area is 150 Å². The highest BCUT2D eigenvalue weighted by Gasteiger charge is 2.35. The number of amides is 2. The van der Waals surface area contributed by atoms with Crippen LogP contribution in [0.3, 0.4) is 0 Å². The maximum Gasteiger partial charge on any atom is 0.231 e. The van der Waals surface area contributed by atoms with Crippen LogP contribution in [0.5, 0.6) is 0 Å².